The molecule has 8 nitrogen and oxygen atoms in total. The van der Waals surface area contributed by atoms with Crippen LogP contribution in [0.3, 0.4) is 0 Å². The fraction of sp³-hybridized carbons (Fsp3) is 0. The molecule has 3 aromatic rings. The fourth-order valence-electron chi connectivity index (χ4n) is 2.26. The van der Waals surface area contributed by atoms with Gasteiger partial charge in [-0.3, -0.25) is 14.9 Å². The zero-order valence-corrected chi connectivity index (χ0v) is 12.8. The summed E-state index contributed by atoms with van der Waals surface area (Å²) in [6.45, 7) is 0. The summed E-state index contributed by atoms with van der Waals surface area (Å²) in [6, 6.07) is 13.2. The van der Waals surface area contributed by atoms with Crippen LogP contribution < -0.4 is 5.43 Å². The van der Waals surface area contributed by atoms with Crippen LogP contribution in [0, 0.1) is 10.1 Å². The highest BCUT2D eigenvalue weighted by molar-refractivity contribution is 6.03. The van der Waals surface area contributed by atoms with Crippen molar-refractivity contribution in [3.63, 3.8) is 0 Å². The van der Waals surface area contributed by atoms with Crippen LogP contribution in [-0.4, -0.2) is 27.1 Å². The minimum absolute atomic E-state index is 0.00936. The number of pyridine rings is 1. The van der Waals surface area contributed by atoms with Gasteiger partial charge >= 0.3 is 0 Å². The van der Waals surface area contributed by atoms with Crippen molar-refractivity contribution in [3.8, 4) is 5.75 Å². The molecule has 3 rings (SSSR count). The second kappa shape index (κ2) is 6.75. The molecule has 0 spiro atoms. The molecular formula is C17H12N4O4. The van der Waals surface area contributed by atoms with Gasteiger partial charge in [0, 0.05) is 11.6 Å². The third-order valence-electron chi connectivity index (χ3n) is 3.50. The van der Waals surface area contributed by atoms with E-state index in [0.29, 0.717) is 5.56 Å². The minimum Gasteiger partial charge on any atom is -0.507 e. The number of nitrogens with one attached hydrogen (secondary N) is 1. The summed E-state index contributed by atoms with van der Waals surface area (Å²) in [6.07, 6.45) is 2.33. The number of fused-ring (bicyclic) bond motifs is 1. The number of benzene rings is 2. The van der Waals surface area contributed by atoms with Crippen molar-refractivity contribution in [2.75, 3.05) is 0 Å². The van der Waals surface area contributed by atoms with Crippen LogP contribution >= 0.6 is 0 Å². The van der Waals surface area contributed by atoms with Gasteiger partial charge in [-0.1, -0.05) is 30.3 Å². The van der Waals surface area contributed by atoms with Crippen molar-refractivity contribution in [2.45, 2.75) is 0 Å². The Labute approximate surface area is 141 Å². The summed E-state index contributed by atoms with van der Waals surface area (Å²) < 4.78 is 0. The number of aromatic nitrogens is 1. The number of nitro groups is 1. The van der Waals surface area contributed by atoms with Crippen molar-refractivity contribution in [2.24, 2.45) is 5.10 Å². The number of aromatic hydroxyl groups is 1. The Balaban J connectivity index is 1.78. The molecule has 1 amide bonds. The number of phenolic OH excluding ortho intramolecular Hbond substituents is 1. The van der Waals surface area contributed by atoms with E-state index in [1.807, 2.05) is 24.3 Å². The molecule has 0 aliphatic heterocycles. The summed E-state index contributed by atoms with van der Waals surface area (Å²) in [7, 11) is 0. The summed E-state index contributed by atoms with van der Waals surface area (Å²) >= 11 is 0. The normalized spacial score (nSPS) is 10.9. The second-order valence-electron chi connectivity index (χ2n) is 5.08. The highest BCUT2D eigenvalue weighted by Crippen LogP contribution is 2.25. The molecule has 0 aliphatic rings. The molecule has 0 aliphatic carbocycles. The molecule has 1 heterocycles. The minimum atomic E-state index is -0.620. The molecule has 0 radical (unpaired) electrons. The monoisotopic (exact) mass is 336 g/mol. The fourth-order valence-corrected chi connectivity index (χ4v) is 2.26. The lowest BCUT2D eigenvalue weighted by molar-refractivity contribution is -0.385. The molecule has 124 valence electrons. The van der Waals surface area contributed by atoms with E-state index in [4.69, 9.17) is 0 Å². The first kappa shape index (κ1) is 16.1. The SMILES string of the molecule is O=C(N/N=C/c1c(O)ccc2ccccc12)c1ccc([N+](=O)[O-])cn1. The summed E-state index contributed by atoms with van der Waals surface area (Å²) in [4.78, 5) is 25.6. The van der Waals surface area contributed by atoms with E-state index in [0.717, 1.165) is 17.0 Å². The number of carbonyl (C=O) groups excluding carboxylic acids is 1. The first-order valence-corrected chi connectivity index (χ1v) is 7.21. The van der Waals surface area contributed by atoms with Gasteiger partial charge in [0.05, 0.1) is 11.1 Å². The van der Waals surface area contributed by atoms with Crippen LogP contribution in [-0.2, 0) is 0 Å². The van der Waals surface area contributed by atoms with E-state index < -0.39 is 10.8 Å². The molecule has 0 atom stereocenters. The Kier molecular flexibility index (Phi) is 4.34. The van der Waals surface area contributed by atoms with Crippen molar-refractivity contribution in [1.29, 1.82) is 0 Å². The lowest BCUT2D eigenvalue weighted by Crippen LogP contribution is -2.18. The summed E-state index contributed by atoms with van der Waals surface area (Å²) in [5.74, 6) is -0.587. The number of hydrazone groups is 1. The maximum absolute atomic E-state index is 11.9. The van der Waals surface area contributed by atoms with E-state index in [9.17, 15) is 20.0 Å². The van der Waals surface area contributed by atoms with Gasteiger partial charge < -0.3 is 5.11 Å². The van der Waals surface area contributed by atoms with Gasteiger partial charge in [0.25, 0.3) is 11.6 Å². The topological polar surface area (TPSA) is 118 Å². The number of carbonyl (C=O) groups is 1. The predicted molar refractivity (Wildman–Crippen MR) is 91.6 cm³/mol. The van der Waals surface area contributed by atoms with Crippen LogP contribution in [0.4, 0.5) is 5.69 Å². The number of rotatable bonds is 4. The third kappa shape index (κ3) is 3.42. The van der Waals surface area contributed by atoms with E-state index in [2.05, 4.69) is 15.5 Å². The van der Waals surface area contributed by atoms with E-state index >= 15 is 0 Å². The zero-order valence-electron chi connectivity index (χ0n) is 12.8. The van der Waals surface area contributed by atoms with Crippen molar-refractivity contribution >= 4 is 28.6 Å². The maximum atomic E-state index is 11.9. The summed E-state index contributed by atoms with van der Waals surface area (Å²) in [5.41, 5.74) is 2.53. The largest absolute Gasteiger partial charge is 0.507 e. The first-order valence-electron chi connectivity index (χ1n) is 7.21. The first-order chi connectivity index (χ1) is 12.1. The number of nitrogens with zero attached hydrogens (tertiary/aromatic N) is 3. The van der Waals surface area contributed by atoms with Crippen LogP contribution in [0.25, 0.3) is 10.8 Å². The van der Waals surface area contributed by atoms with E-state index in [1.165, 1.54) is 18.3 Å². The van der Waals surface area contributed by atoms with Crippen LogP contribution in [0.15, 0.2) is 59.8 Å². The van der Waals surface area contributed by atoms with Crippen LogP contribution in [0.2, 0.25) is 0 Å². The highest BCUT2D eigenvalue weighted by atomic mass is 16.6. The Morgan fingerprint density at radius 2 is 2.00 bits per heavy atom. The van der Waals surface area contributed by atoms with Crippen LogP contribution in [0.5, 0.6) is 5.75 Å². The molecule has 0 bridgehead atoms. The second-order valence-corrected chi connectivity index (χ2v) is 5.08. The number of phenols is 1. The number of amides is 1. The van der Waals surface area contributed by atoms with Crippen LogP contribution in [0.1, 0.15) is 16.1 Å². The van der Waals surface area contributed by atoms with E-state index in [-0.39, 0.29) is 17.1 Å². The van der Waals surface area contributed by atoms with Crippen molar-refractivity contribution < 1.29 is 14.8 Å². The molecule has 0 saturated carbocycles. The molecule has 1 aromatic heterocycles. The smallest absolute Gasteiger partial charge is 0.289 e. The third-order valence-corrected chi connectivity index (χ3v) is 3.50. The van der Waals surface area contributed by atoms with Gasteiger partial charge in [-0.15, -0.1) is 0 Å². The summed E-state index contributed by atoms with van der Waals surface area (Å²) in [5, 5.41) is 26.1. The Bertz CT molecular complexity index is 984. The number of hydrogen-bond acceptors (Lipinski definition) is 6. The van der Waals surface area contributed by atoms with Gasteiger partial charge in [-0.05, 0) is 22.9 Å². The zero-order chi connectivity index (χ0) is 17.8. The lowest BCUT2D eigenvalue weighted by atomic mass is 10.0. The van der Waals surface area contributed by atoms with Gasteiger partial charge in [0.2, 0.25) is 0 Å². The van der Waals surface area contributed by atoms with Crippen molar-refractivity contribution in [3.05, 3.63) is 76.1 Å². The van der Waals surface area contributed by atoms with Gasteiger partial charge in [0.15, 0.2) is 0 Å². The molecule has 25 heavy (non-hydrogen) atoms. The average molecular weight is 336 g/mol. The standard InChI is InChI=1S/C17H12N4O4/c22-16-8-5-11-3-1-2-4-13(11)14(16)10-19-20-17(23)15-7-6-12(9-18-15)21(24)25/h1-10,22H,(H,20,23)/b19-10+. The Morgan fingerprint density at radius 1 is 1.20 bits per heavy atom. The lowest BCUT2D eigenvalue weighted by Gasteiger charge is -2.04. The quantitative estimate of drug-likeness (QED) is 0.431. The Morgan fingerprint density at radius 3 is 2.72 bits per heavy atom. The van der Waals surface area contributed by atoms with Gasteiger partial charge in [0.1, 0.15) is 17.6 Å². The molecule has 0 fully saturated rings. The van der Waals surface area contributed by atoms with Gasteiger partial charge in [-0.25, -0.2) is 10.4 Å². The molecule has 2 aromatic carbocycles. The average Bonchev–Trinajstić information content (AvgIpc) is 2.63. The van der Waals surface area contributed by atoms with Gasteiger partial charge in [-0.2, -0.15) is 5.10 Å². The molecular weight excluding hydrogens is 324 g/mol. The van der Waals surface area contributed by atoms with E-state index in [1.54, 1.807) is 12.1 Å². The Hall–Kier alpha value is -3.81. The highest BCUT2D eigenvalue weighted by Gasteiger charge is 2.10. The molecule has 2 N–H and O–H groups in total. The van der Waals surface area contributed by atoms with Crippen molar-refractivity contribution in [1.82, 2.24) is 10.4 Å². The molecule has 0 saturated heterocycles. The maximum Gasteiger partial charge on any atom is 0.289 e. The molecule has 0 unspecified atom stereocenters. The number of hydrogen-bond donors (Lipinski definition) is 2. The molecule has 8 heteroatoms. The predicted octanol–water partition coefficient (Wildman–Crippen LogP) is 2.61.